The smallest absolute Gasteiger partial charge is 0.00461 e. The van der Waals surface area contributed by atoms with Gasteiger partial charge in [0.2, 0.25) is 0 Å². The Hall–Kier alpha value is 0.556. The molecule has 0 atom stereocenters. The van der Waals surface area contributed by atoms with E-state index in [9.17, 15) is 0 Å². The Bertz CT molecular complexity index is 9.61. The van der Waals surface area contributed by atoms with Gasteiger partial charge in [0, 0.05) is 32.9 Å². The molecule has 0 aromatic rings. The molecular weight excluding hydrogens is 122 g/mol. The third-order valence-corrected chi connectivity index (χ3v) is 0.167. The van der Waals surface area contributed by atoms with Crippen molar-refractivity contribution in [2.45, 2.75) is 0 Å². The predicted molar refractivity (Wildman–Crippen MR) is 23.9 cm³/mol. The Morgan fingerprint density at radius 3 is 1.20 bits per heavy atom. The first-order valence-electron chi connectivity index (χ1n) is 1.32. The number of rotatable bonds is 1. The number of nitrogens with two attached hydrogens (primary N) is 2. The summed E-state index contributed by atoms with van der Waals surface area (Å²) in [6, 6.07) is 0. The summed E-state index contributed by atoms with van der Waals surface area (Å²) in [4.78, 5) is 0. The van der Waals surface area contributed by atoms with Crippen LogP contribution in [-0.2, 0) is 0 Å². The second-order valence-corrected chi connectivity index (χ2v) is 0.577. The van der Waals surface area contributed by atoms with Gasteiger partial charge in [-0.25, -0.2) is 0 Å². The van der Waals surface area contributed by atoms with Gasteiger partial charge < -0.3 is 11.5 Å². The SMILES string of the molecule is NCCN.[Ga]. The molecule has 0 saturated carbocycles. The van der Waals surface area contributed by atoms with Crippen molar-refractivity contribution in [3.63, 3.8) is 0 Å². The van der Waals surface area contributed by atoms with E-state index in [-0.39, 0.29) is 19.8 Å². The van der Waals surface area contributed by atoms with Crippen LogP contribution < -0.4 is 11.5 Å². The van der Waals surface area contributed by atoms with Crippen molar-refractivity contribution in [1.29, 1.82) is 0 Å². The molecule has 0 aliphatic heterocycles. The van der Waals surface area contributed by atoms with E-state index >= 15 is 0 Å². The van der Waals surface area contributed by atoms with Crippen LogP contribution in [0.5, 0.6) is 0 Å². The molecule has 0 aromatic carbocycles. The molecule has 0 amide bonds. The van der Waals surface area contributed by atoms with E-state index in [1.54, 1.807) is 0 Å². The van der Waals surface area contributed by atoms with Crippen LogP contribution in [0.4, 0.5) is 0 Å². The van der Waals surface area contributed by atoms with E-state index in [1.165, 1.54) is 0 Å². The predicted octanol–water partition coefficient (Wildman–Crippen LogP) is -1.48. The van der Waals surface area contributed by atoms with Crippen molar-refractivity contribution in [3.05, 3.63) is 0 Å². The number of hydrogen-bond donors (Lipinski definition) is 2. The molecule has 29 valence electrons. The molecule has 0 fully saturated rings. The summed E-state index contributed by atoms with van der Waals surface area (Å²) in [6.07, 6.45) is 0. The maximum atomic E-state index is 4.90. The maximum absolute atomic E-state index is 4.90. The summed E-state index contributed by atoms with van der Waals surface area (Å²) in [7, 11) is 0. The Morgan fingerprint density at radius 1 is 1.00 bits per heavy atom. The molecule has 5 heavy (non-hydrogen) atoms. The molecular formula is C2H8GaN2. The van der Waals surface area contributed by atoms with Gasteiger partial charge >= 0.3 is 0 Å². The van der Waals surface area contributed by atoms with Crippen LogP contribution in [0.2, 0.25) is 0 Å². The molecule has 0 spiro atoms. The van der Waals surface area contributed by atoms with E-state index in [1.807, 2.05) is 0 Å². The summed E-state index contributed by atoms with van der Waals surface area (Å²) < 4.78 is 0. The first kappa shape index (κ1) is 9.12. The van der Waals surface area contributed by atoms with Crippen molar-refractivity contribution in [2.24, 2.45) is 11.5 Å². The minimum Gasteiger partial charge on any atom is -0.329 e. The van der Waals surface area contributed by atoms with Crippen LogP contribution >= 0.6 is 0 Å². The molecule has 2 nitrogen and oxygen atoms in total. The minimum atomic E-state index is 0. The summed E-state index contributed by atoms with van der Waals surface area (Å²) >= 11 is 0. The fourth-order valence-corrected chi connectivity index (χ4v) is 0. The third kappa shape index (κ3) is 12.3. The minimum absolute atomic E-state index is 0. The van der Waals surface area contributed by atoms with Crippen LogP contribution in [0.3, 0.4) is 0 Å². The fraction of sp³-hybridized carbons (Fsp3) is 1.00. The second kappa shape index (κ2) is 8.82. The van der Waals surface area contributed by atoms with Crippen LogP contribution in [-0.4, -0.2) is 32.9 Å². The quantitative estimate of drug-likeness (QED) is 0.425. The summed E-state index contributed by atoms with van der Waals surface area (Å²) in [6.45, 7) is 1.19. The zero-order chi connectivity index (χ0) is 3.41. The first-order chi connectivity index (χ1) is 1.91. The van der Waals surface area contributed by atoms with Gasteiger partial charge in [-0.1, -0.05) is 0 Å². The van der Waals surface area contributed by atoms with Gasteiger partial charge in [-0.15, -0.1) is 0 Å². The monoisotopic (exact) mass is 129 g/mol. The van der Waals surface area contributed by atoms with Gasteiger partial charge in [0.15, 0.2) is 0 Å². The molecule has 0 heterocycles. The molecule has 0 rings (SSSR count). The average Bonchev–Trinajstić information content (AvgIpc) is 1.37. The molecule has 0 aromatic heterocycles. The average molecular weight is 130 g/mol. The van der Waals surface area contributed by atoms with Crippen molar-refractivity contribution in [2.75, 3.05) is 13.1 Å². The van der Waals surface area contributed by atoms with Gasteiger partial charge in [0.05, 0.1) is 0 Å². The van der Waals surface area contributed by atoms with Crippen LogP contribution in [0.1, 0.15) is 0 Å². The normalized spacial score (nSPS) is 6.00. The number of hydrogen-bond acceptors (Lipinski definition) is 2. The summed E-state index contributed by atoms with van der Waals surface area (Å²) in [5.74, 6) is 0. The van der Waals surface area contributed by atoms with Gasteiger partial charge in [-0.2, -0.15) is 0 Å². The van der Waals surface area contributed by atoms with E-state index in [0.29, 0.717) is 13.1 Å². The Kier molecular flexibility index (Phi) is 16.1. The summed E-state index contributed by atoms with van der Waals surface area (Å²) in [5, 5.41) is 0. The topological polar surface area (TPSA) is 52.0 Å². The molecule has 0 saturated heterocycles. The molecule has 4 N–H and O–H groups in total. The van der Waals surface area contributed by atoms with Crippen molar-refractivity contribution >= 4 is 19.8 Å². The van der Waals surface area contributed by atoms with Gasteiger partial charge in [0.25, 0.3) is 0 Å². The maximum Gasteiger partial charge on any atom is 0.00461 e. The Balaban J connectivity index is 0. The van der Waals surface area contributed by atoms with Crippen molar-refractivity contribution in [1.82, 2.24) is 0 Å². The zero-order valence-electron chi connectivity index (χ0n) is 3.15. The summed E-state index contributed by atoms with van der Waals surface area (Å²) in [5.41, 5.74) is 9.81. The fourth-order valence-electron chi connectivity index (χ4n) is 0. The van der Waals surface area contributed by atoms with Gasteiger partial charge in [-0.05, 0) is 0 Å². The van der Waals surface area contributed by atoms with E-state index in [0.717, 1.165) is 0 Å². The first-order valence-corrected chi connectivity index (χ1v) is 1.32. The van der Waals surface area contributed by atoms with E-state index in [4.69, 9.17) is 11.5 Å². The third-order valence-electron chi connectivity index (χ3n) is 0.167. The van der Waals surface area contributed by atoms with E-state index < -0.39 is 0 Å². The molecule has 3 radical (unpaired) electrons. The van der Waals surface area contributed by atoms with Crippen molar-refractivity contribution in [3.8, 4) is 0 Å². The van der Waals surface area contributed by atoms with Gasteiger partial charge in [-0.3, -0.25) is 0 Å². The molecule has 0 aliphatic carbocycles. The molecule has 0 bridgehead atoms. The largest absolute Gasteiger partial charge is 0.329 e. The second-order valence-electron chi connectivity index (χ2n) is 0.577. The van der Waals surface area contributed by atoms with E-state index in [2.05, 4.69) is 0 Å². The van der Waals surface area contributed by atoms with Gasteiger partial charge in [0.1, 0.15) is 0 Å². The van der Waals surface area contributed by atoms with Crippen LogP contribution in [0.15, 0.2) is 0 Å². The molecule has 0 unspecified atom stereocenters. The van der Waals surface area contributed by atoms with Crippen molar-refractivity contribution < 1.29 is 0 Å². The standard InChI is InChI=1S/C2H8N2.Ga/c3-1-2-4;/h1-4H2;. The molecule has 0 aliphatic rings. The Morgan fingerprint density at radius 2 is 1.20 bits per heavy atom. The van der Waals surface area contributed by atoms with Crippen LogP contribution in [0, 0.1) is 0 Å². The molecule has 3 heteroatoms. The zero-order valence-corrected chi connectivity index (χ0v) is 5.57. The van der Waals surface area contributed by atoms with Crippen LogP contribution in [0.25, 0.3) is 0 Å². The Labute approximate surface area is 45.0 Å².